The van der Waals surface area contributed by atoms with Gasteiger partial charge < -0.3 is 9.47 Å². The molecule has 0 bridgehead atoms. The fourth-order valence-corrected chi connectivity index (χ4v) is 1.28. The van der Waals surface area contributed by atoms with Crippen LogP contribution in [0.5, 0.6) is 0 Å². The van der Waals surface area contributed by atoms with Crippen molar-refractivity contribution in [1.82, 2.24) is 0 Å². The number of nitriles is 1. The molecule has 0 fully saturated rings. The van der Waals surface area contributed by atoms with Gasteiger partial charge in [0, 0.05) is 14.2 Å². The van der Waals surface area contributed by atoms with Gasteiger partial charge in [0.2, 0.25) is 5.79 Å². The molecule has 3 heteroatoms. The summed E-state index contributed by atoms with van der Waals surface area (Å²) < 4.78 is 10.4. The number of rotatable bonds is 4. The van der Waals surface area contributed by atoms with Crippen LogP contribution in [0.25, 0.3) is 6.08 Å². The van der Waals surface area contributed by atoms with Gasteiger partial charge >= 0.3 is 0 Å². The SMILES string of the molecule is COC(C)(OC)/C(C#N)=C\c1ccccc1. The molecule has 0 spiro atoms. The fourth-order valence-electron chi connectivity index (χ4n) is 1.28. The van der Waals surface area contributed by atoms with Crippen LogP contribution in [0.4, 0.5) is 0 Å². The Kier molecular flexibility index (Phi) is 4.24. The summed E-state index contributed by atoms with van der Waals surface area (Å²) in [6, 6.07) is 11.7. The minimum absolute atomic E-state index is 0.434. The highest BCUT2D eigenvalue weighted by atomic mass is 16.7. The van der Waals surface area contributed by atoms with Crippen molar-refractivity contribution < 1.29 is 9.47 Å². The molecule has 0 aliphatic carbocycles. The van der Waals surface area contributed by atoms with Crippen molar-refractivity contribution in [3.63, 3.8) is 0 Å². The smallest absolute Gasteiger partial charge is 0.201 e. The minimum atomic E-state index is -0.995. The molecule has 3 nitrogen and oxygen atoms in total. The molecule has 0 unspecified atom stereocenters. The van der Waals surface area contributed by atoms with Crippen LogP contribution in [-0.4, -0.2) is 20.0 Å². The lowest BCUT2D eigenvalue weighted by molar-refractivity contribution is -0.160. The van der Waals surface area contributed by atoms with Crippen LogP contribution < -0.4 is 0 Å². The Morgan fingerprint density at radius 2 is 1.81 bits per heavy atom. The predicted molar refractivity (Wildman–Crippen MR) is 62.5 cm³/mol. The Hall–Kier alpha value is -1.63. The van der Waals surface area contributed by atoms with Gasteiger partial charge in [-0.05, 0) is 18.6 Å². The van der Waals surface area contributed by atoms with Gasteiger partial charge in [-0.2, -0.15) is 5.26 Å². The highest BCUT2D eigenvalue weighted by molar-refractivity contribution is 5.58. The fraction of sp³-hybridized carbons (Fsp3) is 0.308. The van der Waals surface area contributed by atoms with E-state index in [1.807, 2.05) is 30.3 Å². The number of nitrogens with zero attached hydrogens (tertiary/aromatic N) is 1. The predicted octanol–water partition coefficient (Wildman–Crippen LogP) is 2.60. The third-order valence-corrected chi connectivity index (χ3v) is 2.50. The summed E-state index contributed by atoms with van der Waals surface area (Å²) in [6.07, 6.45) is 1.76. The minimum Gasteiger partial charge on any atom is -0.349 e. The first kappa shape index (κ1) is 12.4. The van der Waals surface area contributed by atoms with Crippen molar-refractivity contribution in [1.29, 1.82) is 5.26 Å². The quantitative estimate of drug-likeness (QED) is 0.575. The average molecular weight is 217 g/mol. The van der Waals surface area contributed by atoms with E-state index in [1.165, 1.54) is 14.2 Å². The molecule has 16 heavy (non-hydrogen) atoms. The van der Waals surface area contributed by atoms with Crippen molar-refractivity contribution >= 4 is 6.08 Å². The molecule has 0 aromatic heterocycles. The van der Waals surface area contributed by atoms with Crippen molar-refractivity contribution in [2.24, 2.45) is 0 Å². The molecule has 0 amide bonds. The van der Waals surface area contributed by atoms with Gasteiger partial charge in [-0.15, -0.1) is 0 Å². The molecule has 0 atom stereocenters. The summed E-state index contributed by atoms with van der Waals surface area (Å²) in [5, 5.41) is 9.11. The number of benzene rings is 1. The Morgan fingerprint density at radius 1 is 1.25 bits per heavy atom. The maximum Gasteiger partial charge on any atom is 0.201 e. The summed E-state index contributed by atoms with van der Waals surface area (Å²) in [5.41, 5.74) is 1.38. The van der Waals surface area contributed by atoms with Gasteiger partial charge in [-0.25, -0.2) is 0 Å². The van der Waals surface area contributed by atoms with Gasteiger partial charge in [-0.3, -0.25) is 0 Å². The number of methoxy groups -OCH3 is 2. The van der Waals surface area contributed by atoms with E-state index >= 15 is 0 Å². The summed E-state index contributed by atoms with van der Waals surface area (Å²) in [4.78, 5) is 0. The standard InChI is InChI=1S/C13H15NO2/c1-13(15-2,16-3)12(10-14)9-11-7-5-4-6-8-11/h4-9H,1-3H3/b12-9-. The first-order chi connectivity index (χ1) is 7.66. The maximum atomic E-state index is 9.11. The molecular formula is C13H15NO2. The Balaban J connectivity index is 3.09. The van der Waals surface area contributed by atoms with Crippen molar-refractivity contribution in [3.05, 3.63) is 41.5 Å². The topological polar surface area (TPSA) is 42.2 Å². The highest BCUT2D eigenvalue weighted by Gasteiger charge is 2.28. The van der Waals surface area contributed by atoms with Gasteiger partial charge in [-0.1, -0.05) is 30.3 Å². The first-order valence-electron chi connectivity index (χ1n) is 4.94. The third-order valence-electron chi connectivity index (χ3n) is 2.50. The zero-order chi connectivity index (χ0) is 12.0. The van der Waals surface area contributed by atoms with Crippen LogP contribution in [0.1, 0.15) is 12.5 Å². The summed E-state index contributed by atoms with van der Waals surface area (Å²) in [7, 11) is 3.03. The van der Waals surface area contributed by atoms with Crippen LogP contribution in [0.2, 0.25) is 0 Å². The van der Waals surface area contributed by atoms with Crippen molar-refractivity contribution in [3.8, 4) is 6.07 Å². The molecular weight excluding hydrogens is 202 g/mol. The molecule has 0 radical (unpaired) electrons. The normalized spacial score (nSPS) is 12.2. The van der Waals surface area contributed by atoms with E-state index < -0.39 is 5.79 Å². The highest BCUT2D eigenvalue weighted by Crippen LogP contribution is 2.23. The average Bonchev–Trinajstić information content (AvgIpc) is 2.36. The molecule has 0 N–H and O–H groups in total. The van der Waals surface area contributed by atoms with Crippen LogP contribution >= 0.6 is 0 Å². The second-order valence-electron chi connectivity index (χ2n) is 3.43. The van der Waals surface area contributed by atoms with Crippen LogP contribution in [0.3, 0.4) is 0 Å². The van der Waals surface area contributed by atoms with Gasteiger partial charge in [0.05, 0.1) is 5.57 Å². The Labute approximate surface area is 95.9 Å². The van der Waals surface area contributed by atoms with E-state index in [2.05, 4.69) is 6.07 Å². The molecule has 0 saturated heterocycles. The lowest BCUT2D eigenvalue weighted by Gasteiger charge is -2.25. The van der Waals surface area contributed by atoms with Gasteiger partial charge in [0.25, 0.3) is 0 Å². The molecule has 84 valence electrons. The van der Waals surface area contributed by atoms with Crippen LogP contribution in [0.15, 0.2) is 35.9 Å². The summed E-state index contributed by atoms with van der Waals surface area (Å²) >= 11 is 0. The Bertz CT molecular complexity index is 400. The van der Waals surface area contributed by atoms with Crippen molar-refractivity contribution in [2.45, 2.75) is 12.7 Å². The number of hydrogen-bond acceptors (Lipinski definition) is 3. The molecule has 1 rings (SSSR count). The van der Waals surface area contributed by atoms with E-state index in [0.717, 1.165) is 5.56 Å². The van der Waals surface area contributed by atoms with Crippen molar-refractivity contribution in [2.75, 3.05) is 14.2 Å². The van der Waals surface area contributed by atoms with E-state index in [4.69, 9.17) is 14.7 Å². The first-order valence-corrected chi connectivity index (χ1v) is 4.94. The van der Waals surface area contributed by atoms with Crippen LogP contribution in [-0.2, 0) is 9.47 Å². The summed E-state index contributed by atoms with van der Waals surface area (Å²) in [5.74, 6) is -0.995. The zero-order valence-corrected chi connectivity index (χ0v) is 9.73. The maximum absolute atomic E-state index is 9.11. The van der Waals surface area contributed by atoms with E-state index in [9.17, 15) is 0 Å². The molecule has 0 saturated carbocycles. The van der Waals surface area contributed by atoms with Gasteiger partial charge in [0.1, 0.15) is 6.07 Å². The van der Waals surface area contributed by atoms with E-state index in [-0.39, 0.29) is 0 Å². The molecule has 0 aliphatic heterocycles. The third kappa shape index (κ3) is 2.69. The number of hydrogen-bond donors (Lipinski definition) is 0. The largest absolute Gasteiger partial charge is 0.349 e. The Morgan fingerprint density at radius 3 is 2.25 bits per heavy atom. The van der Waals surface area contributed by atoms with E-state index in [1.54, 1.807) is 13.0 Å². The van der Waals surface area contributed by atoms with E-state index in [0.29, 0.717) is 5.57 Å². The monoisotopic (exact) mass is 217 g/mol. The second kappa shape index (κ2) is 5.45. The lowest BCUT2D eigenvalue weighted by atomic mass is 10.1. The van der Waals surface area contributed by atoms with Crippen LogP contribution in [0, 0.1) is 11.3 Å². The lowest BCUT2D eigenvalue weighted by Crippen LogP contribution is -2.31. The molecule has 0 heterocycles. The second-order valence-corrected chi connectivity index (χ2v) is 3.43. The molecule has 1 aromatic carbocycles. The zero-order valence-electron chi connectivity index (χ0n) is 9.73. The molecule has 1 aromatic rings. The number of ether oxygens (including phenoxy) is 2. The van der Waals surface area contributed by atoms with Gasteiger partial charge in [0.15, 0.2) is 0 Å². The summed E-state index contributed by atoms with van der Waals surface area (Å²) in [6.45, 7) is 1.71. The molecule has 0 aliphatic rings.